The zero-order chi connectivity index (χ0) is 21.8. The molecule has 160 valence electrons. The highest BCUT2D eigenvalue weighted by Gasteiger charge is 2.33. The fourth-order valence-electron chi connectivity index (χ4n) is 3.91. The molecular formula is C21H26ClN5O3. The van der Waals surface area contributed by atoms with E-state index in [1.807, 2.05) is 31.4 Å². The molecule has 1 aliphatic rings. The highest BCUT2D eigenvalue weighted by atomic mass is 35.5. The molecular weight excluding hydrogens is 406 g/mol. The second-order valence-electron chi connectivity index (χ2n) is 9.20. The van der Waals surface area contributed by atoms with Gasteiger partial charge in [-0.15, -0.1) is 0 Å². The Hall–Kier alpha value is -2.58. The van der Waals surface area contributed by atoms with Crippen molar-refractivity contribution >= 4 is 28.6 Å². The van der Waals surface area contributed by atoms with E-state index in [0.717, 1.165) is 22.0 Å². The molecule has 0 bridgehead atoms. The van der Waals surface area contributed by atoms with Crippen molar-refractivity contribution in [1.29, 1.82) is 0 Å². The van der Waals surface area contributed by atoms with E-state index in [-0.39, 0.29) is 0 Å². The number of ether oxygens (including phenoxy) is 1. The van der Waals surface area contributed by atoms with Crippen LogP contribution in [0.2, 0.25) is 5.02 Å². The number of amides is 1. The number of carbonyl (C=O) groups excluding carboxylic acids is 1. The number of nitrogens with zero attached hydrogens (tertiary/aromatic N) is 3. The maximum absolute atomic E-state index is 12.5. The minimum absolute atomic E-state index is 0.447. The number of halogens is 1. The summed E-state index contributed by atoms with van der Waals surface area (Å²) in [4.78, 5) is 17.1. The van der Waals surface area contributed by atoms with Crippen LogP contribution in [0.1, 0.15) is 63.3 Å². The average Bonchev–Trinajstić information content (AvgIpc) is 3.20. The molecule has 1 aromatic carbocycles. The first-order valence-electron chi connectivity index (χ1n) is 9.85. The van der Waals surface area contributed by atoms with Crippen LogP contribution in [0.3, 0.4) is 0 Å². The second-order valence-corrected chi connectivity index (χ2v) is 9.61. The van der Waals surface area contributed by atoms with E-state index < -0.39 is 23.3 Å². The van der Waals surface area contributed by atoms with Gasteiger partial charge in [-0.1, -0.05) is 11.6 Å². The van der Waals surface area contributed by atoms with Gasteiger partial charge in [-0.25, -0.2) is 9.78 Å². The second kappa shape index (κ2) is 6.99. The van der Waals surface area contributed by atoms with Gasteiger partial charge in [0.25, 0.3) is 0 Å². The van der Waals surface area contributed by atoms with Crippen LogP contribution in [0.4, 0.5) is 4.79 Å². The Morgan fingerprint density at radius 3 is 2.73 bits per heavy atom. The Kier molecular flexibility index (Phi) is 4.82. The van der Waals surface area contributed by atoms with Crippen molar-refractivity contribution in [3.05, 3.63) is 46.1 Å². The van der Waals surface area contributed by atoms with Gasteiger partial charge in [-0.3, -0.25) is 5.10 Å². The topological polar surface area (TPSA) is 105 Å². The first-order chi connectivity index (χ1) is 13.9. The van der Waals surface area contributed by atoms with E-state index in [1.54, 1.807) is 26.2 Å². The average molecular weight is 432 g/mol. The van der Waals surface area contributed by atoms with Crippen LogP contribution in [-0.4, -0.2) is 36.5 Å². The molecule has 30 heavy (non-hydrogen) atoms. The molecule has 2 aromatic heterocycles. The minimum Gasteiger partial charge on any atom is -0.444 e. The van der Waals surface area contributed by atoms with Gasteiger partial charge in [0.15, 0.2) is 0 Å². The van der Waals surface area contributed by atoms with Crippen molar-refractivity contribution < 1.29 is 14.6 Å². The largest absolute Gasteiger partial charge is 0.444 e. The summed E-state index contributed by atoms with van der Waals surface area (Å²) < 4.78 is 7.41. The van der Waals surface area contributed by atoms with Crippen molar-refractivity contribution in [2.75, 3.05) is 0 Å². The van der Waals surface area contributed by atoms with Crippen molar-refractivity contribution in [2.45, 2.75) is 64.8 Å². The molecule has 1 atom stereocenters. The number of H-pyrrole nitrogens is 1. The highest BCUT2D eigenvalue weighted by molar-refractivity contribution is 6.35. The van der Waals surface area contributed by atoms with Crippen molar-refractivity contribution in [3.63, 3.8) is 0 Å². The van der Waals surface area contributed by atoms with Gasteiger partial charge < -0.3 is 19.7 Å². The molecule has 3 heterocycles. The summed E-state index contributed by atoms with van der Waals surface area (Å²) in [6.07, 6.45) is 3.37. The molecule has 0 aliphatic carbocycles. The number of aromatic amines is 1. The molecule has 1 amide bonds. The van der Waals surface area contributed by atoms with Crippen LogP contribution in [0.15, 0.2) is 18.5 Å². The Labute approximate surface area is 179 Å². The molecule has 8 nitrogen and oxygen atoms in total. The summed E-state index contributed by atoms with van der Waals surface area (Å²) in [5.41, 5.74) is 1.72. The number of alkyl carbamates (subject to hydrolysis) is 1. The summed E-state index contributed by atoms with van der Waals surface area (Å²) in [6, 6.07) is 1.45. The van der Waals surface area contributed by atoms with Crippen LogP contribution in [0.5, 0.6) is 0 Å². The first-order valence-corrected chi connectivity index (χ1v) is 10.2. The minimum atomic E-state index is -1.10. The lowest BCUT2D eigenvalue weighted by molar-refractivity contribution is 0.0500. The van der Waals surface area contributed by atoms with Crippen LogP contribution in [-0.2, 0) is 23.3 Å². The smallest absolute Gasteiger partial charge is 0.408 e. The molecule has 3 N–H and O–H groups in total. The number of aliphatic hydroxyl groups is 1. The van der Waals surface area contributed by atoms with E-state index >= 15 is 0 Å². The maximum Gasteiger partial charge on any atom is 0.408 e. The predicted molar refractivity (Wildman–Crippen MR) is 113 cm³/mol. The van der Waals surface area contributed by atoms with E-state index in [9.17, 15) is 9.90 Å². The molecule has 3 aromatic rings. The van der Waals surface area contributed by atoms with E-state index in [4.69, 9.17) is 16.3 Å². The standard InChI is InChI=1S/C21H26ClN5O3/c1-20(2,3)30-19(28)25-15-7-11-6-14(22)17-12(8-24-26-17)13(11)10-27-16(21(4,5)29)9-23-18(15)27/h6,8-9,15,29H,7,10H2,1-5H3,(H,24,26)(H,25,28). The lowest BCUT2D eigenvalue weighted by atomic mass is 9.98. The number of carbonyl (C=O) groups is 1. The van der Waals surface area contributed by atoms with Crippen LogP contribution in [0, 0.1) is 0 Å². The monoisotopic (exact) mass is 431 g/mol. The molecule has 1 unspecified atom stereocenters. The fourth-order valence-corrected chi connectivity index (χ4v) is 4.18. The van der Waals surface area contributed by atoms with E-state index in [2.05, 4.69) is 20.5 Å². The number of nitrogens with one attached hydrogen (secondary N) is 2. The Morgan fingerprint density at radius 1 is 1.33 bits per heavy atom. The van der Waals surface area contributed by atoms with E-state index in [1.165, 1.54) is 0 Å². The van der Waals surface area contributed by atoms with Gasteiger partial charge in [0.2, 0.25) is 0 Å². The quantitative estimate of drug-likeness (QED) is 0.572. The first kappa shape index (κ1) is 20.7. The summed E-state index contributed by atoms with van der Waals surface area (Å²) in [6.45, 7) is 9.36. The van der Waals surface area contributed by atoms with Crippen LogP contribution >= 0.6 is 11.6 Å². The number of aromatic nitrogens is 4. The number of fused-ring (bicyclic) bond motifs is 4. The third-order valence-corrected chi connectivity index (χ3v) is 5.45. The van der Waals surface area contributed by atoms with Gasteiger partial charge in [-0.2, -0.15) is 5.10 Å². The number of hydrogen-bond donors (Lipinski definition) is 3. The molecule has 0 spiro atoms. The number of benzene rings is 1. The molecule has 0 fully saturated rings. The number of hydrogen-bond acceptors (Lipinski definition) is 5. The Balaban J connectivity index is 1.84. The van der Waals surface area contributed by atoms with Gasteiger partial charge >= 0.3 is 6.09 Å². The molecule has 1 aliphatic heterocycles. The van der Waals surface area contributed by atoms with Gasteiger partial charge in [0.05, 0.1) is 41.2 Å². The predicted octanol–water partition coefficient (Wildman–Crippen LogP) is 3.81. The van der Waals surface area contributed by atoms with Crippen LogP contribution in [0.25, 0.3) is 10.9 Å². The molecule has 0 saturated heterocycles. The van der Waals surface area contributed by atoms with Gasteiger partial charge in [0, 0.05) is 11.8 Å². The molecule has 4 rings (SSSR count). The van der Waals surface area contributed by atoms with Gasteiger partial charge in [0.1, 0.15) is 17.0 Å². The zero-order valence-electron chi connectivity index (χ0n) is 17.7. The van der Waals surface area contributed by atoms with Crippen molar-refractivity contribution in [1.82, 2.24) is 25.1 Å². The normalized spacial score (nSPS) is 16.7. The van der Waals surface area contributed by atoms with Gasteiger partial charge in [-0.05, 0) is 51.8 Å². The van der Waals surface area contributed by atoms with Crippen molar-refractivity contribution in [2.24, 2.45) is 0 Å². The highest BCUT2D eigenvalue weighted by Crippen LogP contribution is 2.36. The third-order valence-electron chi connectivity index (χ3n) is 5.15. The molecule has 0 saturated carbocycles. The lowest BCUT2D eigenvalue weighted by Gasteiger charge is -2.24. The lowest BCUT2D eigenvalue weighted by Crippen LogP contribution is -2.36. The summed E-state index contributed by atoms with van der Waals surface area (Å²) in [5.74, 6) is 0.655. The summed E-state index contributed by atoms with van der Waals surface area (Å²) in [7, 11) is 0. The fraction of sp³-hybridized carbons (Fsp3) is 0.476. The van der Waals surface area contributed by atoms with Crippen LogP contribution < -0.4 is 5.32 Å². The van der Waals surface area contributed by atoms with E-state index in [0.29, 0.717) is 29.5 Å². The summed E-state index contributed by atoms with van der Waals surface area (Å²) >= 11 is 6.47. The number of imidazole rings is 1. The Morgan fingerprint density at radius 2 is 2.07 bits per heavy atom. The molecule has 0 radical (unpaired) electrons. The maximum atomic E-state index is 12.5. The summed E-state index contributed by atoms with van der Waals surface area (Å²) in [5, 5.41) is 22.2. The third kappa shape index (κ3) is 3.77. The SMILES string of the molecule is CC(C)(C)OC(=O)NC1Cc2cc(Cl)c3[nH]ncc3c2Cn2c(C(C)(C)O)cnc21. The molecule has 9 heteroatoms. The number of rotatable bonds is 2. The van der Waals surface area contributed by atoms with Crippen molar-refractivity contribution in [3.8, 4) is 0 Å². The zero-order valence-corrected chi connectivity index (χ0v) is 18.5. The Bertz CT molecular complexity index is 1120.